The first-order valence-electron chi connectivity index (χ1n) is 10.7. The van der Waals surface area contributed by atoms with Crippen molar-refractivity contribution in [1.29, 1.82) is 0 Å². The second-order valence-corrected chi connectivity index (χ2v) is 8.03. The molecular formula is C24H28N4O4. The van der Waals surface area contributed by atoms with Crippen LogP contribution in [0.4, 0.5) is 5.69 Å². The number of hydrogen-bond acceptors (Lipinski definition) is 7. The largest absolute Gasteiger partial charge is 0.497 e. The summed E-state index contributed by atoms with van der Waals surface area (Å²) in [7, 11) is 3.16. The Morgan fingerprint density at radius 3 is 2.50 bits per heavy atom. The van der Waals surface area contributed by atoms with Gasteiger partial charge in [0.15, 0.2) is 0 Å². The summed E-state index contributed by atoms with van der Waals surface area (Å²) >= 11 is 0. The summed E-state index contributed by atoms with van der Waals surface area (Å²) in [6.45, 7) is 3.95. The van der Waals surface area contributed by atoms with Crippen LogP contribution in [0, 0.1) is 6.92 Å². The molecule has 8 heteroatoms. The average molecular weight is 437 g/mol. The zero-order valence-electron chi connectivity index (χ0n) is 18.6. The van der Waals surface area contributed by atoms with Gasteiger partial charge in [0, 0.05) is 35.4 Å². The van der Waals surface area contributed by atoms with E-state index in [1.54, 1.807) is 32.4 Å². The molecule has 1 fully saturated rings. The minimum absolute atomic E-state index is 0.0710. The number of benzene rings is 2. The van der Waals surface area contributed by atoms with E-state index in [4.69, 9.17) is 14.0 Å². The van der Waals surface area contributed by atoms with E-state index in [9.17, 15) is 4.79 Å². The molecule has 0 bridgehead atoms. The fraction of sp³-hybridized carbons (Fsp3) is 0.375. The molecule has 32 heavy (non-hydrogen) atoms. The van der Waals surface area contributed by atoms with Crippen molar-refractivity contribution in [2.24, 2.45) is 0 Å². The van der Waals surface area contributed by atoms with Crippen LogP contribution in [0.15, 0.2) is 47.0 Å². The highest BCUT2D eigenvalue weighted by molar-refractivity contribution is 5.92. The Morgan fingerprint density at radius 2 is 1.84 bits per heavy atom. The minimum Gasteiger partial charge on any atom is -0.497 e. The lowest BCUT2D eigenvalue weighted by molar-refractivity contribution is -0.117. The minimum atomic E-state index is -0.0710. The summed E-state index contributed by atoms with van der Waals surface area (Å²) in [6.07, 6.45) is 1.74. The van der Waals surface area contributed by atoms with Crippen LogP contribution >= 0.6 is 0 Å². The molecule has 0 atom stereocenters. The molecule has 8 nitrogen and oxygen atoms in total. The normalized spacial score (nSPS) is 14.8. The maximum atomic E-state index is 12.5. The predicted octanol–water partition coefficient (Wildman–Crippen LogP) is 3.88. The lowest BCUT2D eigenvalue weighted by Gasteiger charge is -2.29. The molecule has 168 valence electrons. The Balaban J connectivity index is 1.30. The third-order valence-electron chi connectivity index (χ3n) is 5.66. The number of anilines is 1. The van der Waals surface area contributed by atoms with Gasteiger partial charge < -0.3 is 19.3 Å². The Morgan fingerprint density at radius 1 is 1.12 bits per heavy atom. The van der Waals surface area contributed by atoms with E-state index in [1.165, 1.54) is 0 Å². The number of nitrogens with one attached hydrogen (secondary N) is 1. The molecule has 2 aromatic carbocycles. The smallest absolute Gasteiger partial charge is 0.238 e. The van der Waals surface area contributed by atoms with Crippen LogP contribution in [-0.2, 0) is 4.79 Å². The molecule has 1 aliphatic heterocycles. The van der Waals surface area contributed by atoms with Gasteiger partial charge in [-0.15, -0.1) is 0 Å². The predicted molar refractivity (Wildman–Crippen MR) is 121 cm³/mol. The fourth-order valence-electron chi connectivity index (χ4n) is 3.92. The molecular weight excluding hydrogens is 408 g/mol. The van der Waals surface area contributed by atoms with Crippen LogP contribution in [-0.4, -0.2) is 54.8 Å². The van der Waals surface area contributed by atoms with Crippen molar-refractivity contribution in [3.63, 3.8) is 0 Å². The van der Waals surface area contributed by atoms with Crippen LogP contribution in [0.5, 0.6) is 11.5 Å². The molecule has 0 radical (unpaired) electrons. The second-order valence-electron chi connectivity index (χ2n) is 8.03. The molecule has 1 aromatic heterocycles. The van der Waals surface area contributed by atoms with Crippen molar-refractivity contribution >= 4 is 11.6 Å². The van der Waals surface area contributed by atoms with E-state index in [0.717, 1.165) is 37.1 Å². The standard InChI is InChI=1S/C24H28N4O4/c1-16-5-4-6-18(11-16)23-26-24(32-27-23)17-7-9-28(10-8-17)15-22(29)25-19-12-20(30-2)14-21(13-19)31-3/h4-6,11-14,17H,7-10,15H2,1-3H3,(H,25,29). The van der Waals surface area contributed by atoms with Crippen LogP contribution in [0.25, 0.3) is 11.4 Å². The van der Waals surface area contributed by atoms with Crippen LogP contribution < -0.4 is 14.8 Å². The lowest BCUT2D eigenvalue weighted by atomic mass is 9.97. The van der Waals surface area contributed by atoms with E-state index in [1.807, 2.05) is 31.2 Å². The Hall–Kier alpha value is -3.39. The van der Waals surface area contributed by atoms with Crippen molar-refractivity contribution in [2.75, 3.05) is 39.2 Å². The Labute approximate surface area is 187 Å². The van der Waals surface area contributed by atoms with Gasteiger partial charge in [0.2, 0.25) is 17.6 Å². The summed E-state index contributed by atoms with van der Waals surface area (Å²) in [5, 5.41) is 7.09. The highest BCUT2D eigenvalue weighted by Crippen LogP contribution is 2.29. The van der Waals surface area contributed by atoms with E-state index < -0.39 is 0 Å². The number of methoxy groups -OCH3 is 2. The van der Waals surface area contributed by atoms with Gasteiger partial charge in [0.25, 0.3) is 0 Å². The first kappa shape index (κ1) is 21.8. The molecule has 1 N–H and O–H groups in total. The topological polar surface area (TPSA) is 89.7 Å². The average Bonchev–Trinajstić information content (AvgIpc) is 3.29. The molecule has 1 saturated heterocycles. The fourth-order valence-corrected chi connectivity index (χ4v) is 3.92. The van der Waals surface area contributed by atoms with Crippen LogP contribution in [0.1, 0.15) is 30.2 Å². The molecule has 1 amide bonds. The first-order chi connectivity index (χ1) is 15.5. The zero-order chi connectivity index (χ0) is 22.5. The first-order valence-corrected chi connectivity index (χ1v) is 10.7. The summed E-state index contributed by atoms with van der Waals surface area (Å²) < 4.78 is 16.1. The molecule has 0 unspecified atom stereocenters. The van der Waals surface area contributed by atoms with Gasteiger partial charge in [-0.3, -0.25) is 9.69 Å². The van der Waals surface area contributed by atoms with Crippen molar-refractivity contribution in [1.82, 2.24) is 15.0 Å². The van der Waals surface area contributed by atoms with E-state index >= 15 is 0 Å². The van der Waals surface area contributed by atoms with E-state index in [0.29, 0.717) is 35.4 Å². The van der Waals surface area contributed by atoms with Crippen molar-refractivity contribution in [3.8, 4) is 22.9 Å². The summed E-state index contributed by atoms with van der Waals surface area (Å²) in [6, 6.07) is 13.4. The summed E-state index contributed by atoms with van der Waals surface area (Å²) in [5.74, 6) is 2.70. The number of hydrogen-bond donors (Lipinski definition) is 1. The molecule has 0 saturated carbocycles. The zero-order valence-corrected chi connectivity index (χ0v) is 18.6. The lowest BCUT2D eigenvalue weighted by Crippen LogP contribution is -2.38. The second kappa shape index (κ2) is 9.82. The number of aromatic nitrogens is 2. The summed E-state index contributed by atoms with van der Waals surface area (Å²) in [4.78, 5) is 19.3. The Kier molecular flexibility index (Phi) is 6.70. The number of piperidine rings is 1. The number of nitrogens with zero attached hydrogens (tertiary/aromatic N) is 3. The number of amides is 1. The Bertz CT molecular complexity index is 1050. The molecule has 1 aliphatic rings. The number of carbonyl (C=O) groups excluding carboxylic acids is 1. The van der Waals surface area contributed by atoms with Gasteiger partial charge in [0.1, 0.15) is 11.5 Å². The summed E-state index contributed by atoms with van der Waals surface area (Å²) in [5.41, 5.74) is 2.77. The number of likely N-dealkylation sites (tertiary alicyclic amines) is 1. The van der Waals surface area contributed by atoms with Gasteiger partial charge in [-0.25, -0.2) is 0 Å². The molecule has 4 rings (SSSR count). The molecule has 2 heterocycles. The SMILES string of the molecule is COc1cc(NC(=O)CN2CCC(c3nc(-c4cccc(C)c4)no3)CC2)cc(OC)c1. The number of rotatable bonds is 7. The van der Waals surface area contributed by atoms with Crippen molar-refractivity contribution in [3.05, 3.63) is 53.9 Å². The van der Waals surface area contributed by atoms with Crippen molar-refractivity contribution < 1.29 is 18.8 Å². The highest BCUT2D eigenvalue weighted by Gasteiger charge is 2.26. The van der Waals surface area contributed by atoms with Crippen molar-refractivity contribution in [2.45, 2.75) is 25.7 Å². The van der Waals surface area contributed by atoms with Crippen LogP contribution in [0.2, 0.25) is 0 Å². The number of ether oxygens (including phenoxy) is 2. The van der Waals surface area contributed by atoms with E-state index in [-0.39, 0.29) is 11.8 Å². The van der Waals surface area contributed by atoms with Gasteiger partial charge in [-0.05, 0) is 38.9 Å². The van der Waals surface area contributed by atoms with Gasteiger partial charge in [-0.1, -0.05) is 28.9 Å². The van der Waals surface area contributed by atoms with Crippen LogP contribution in [0.3, 0.4) is 0 Å². The molecule has 3 aromatic rings. The monoisotopic (exact) mass is 436 g/mol. The quantitative estimate of drug-likeness (QED) is 0.601. The maximum Gasteiger partial charge on any atom is 0.238 e. The molecule has 0 spiro atoms. The highest BCUT2D eigenvalue weighted by atomic mass is 16.5. The van der Waals surface area contributed by atoms with Gasteiger partial charge >= 0.3 is 0 Å². The maximum absolute atomic E-state index is 12.5. The van der Waals surface area contributed by atoms with E-state index in [2.05, 4.69) is 20.4 Å². The molecule has 0 aliphatic carbocycles. The third-order valence-corrected chi connectivity index (χ3v) is 5.66. The number of carbonyl (C=O) groups is 1. The third kappa shape index (κ3) is 5.26. The number of aryl methyl sites for hydroxylation is 1. The van der Waals surface area contributed by atoms with Gasteiger partial charge in [-0.2, -0.15) is 4.98 Å². The van der Waals surface area contributed by atoms with Gasteiger partial charge in [0.05, 0.1) is 20.8 Å².